The number of nitrogen functional groups attached to an aromatic ring is 1. The van der Waals surface area contributed by atoms with Gasteiger partial charge in [0.2, 0.25) is 0 Å². The average molecular weight is 279 g/mol. The van der Waals surface area contributed by atoms with Gasteiger partial charge in [-0.1, -0.05) is 0 Å². The molecule has 0 aliphatic carbocycles. The average Bonchev–Trinajstić information content (AvgIpc) is 2.27. The summed E-state index contributed by atoms with van der Waals surface area (Å²) < 4.78 is 0. The van der Waals surface area contributed by atoms with Crippen molar-refractivity contribution in [3.63, 3.8) is 0 Å². The van der Waals surface area contributed by atoms with Gasteiger partial charge in [0.1, 0.15) is 0 Å². The highest BCUT2D eigenvalue weighted by Crippen LogP contribution is 2.29. The summed E-state index contributed by atoms with van der Waals surface area (Å²) in [5, 5.41) is 16.2. The molecule has 0 saturated heterocycles. The highest BCUT2D eigenvalue weighted by atomic mass is 16.3. The number of nitrogens with two attached hydrogens (primary N) is 1. The summed E-state index contributed by atoms with van der Waals surface area (Å²) in [5.74, 6) is -0.165. The van der Waals surface area contributed by atoms with E-state index in [9.17, 15) is 9.90 Å². The third-order valence-corrected chi connectivity index (χ3v) is 3.60. The lowest BCUT2D eigenvalue weighted by atomic mass is 9.85. The molecule has 0 spiro atoms. The third kappa shape index (κ3) is 3.63. The summed E-state index contributed by atoms with van der Waals surface area (Å²) in [6.07, 6.45) is 0. The van der Waals surface area contributed by atoms with Gasteiger partial charge in [-0.25, -0.2) is 0 Å². The van der Waals surface area contributed by atoms with Crippen LogP contribution in [0.4, 0.5) is 11.4 Å². The Morgan fingerprint density at radius 1 is 1.30 bits per heavy atom. The monoisotopic (exact) mass is 279 g/mol. The molecule has 1 amide bonds. The molecule has 1 aromatic rings. The second kappa shape index (κ2) is 5.71. The van der Waals surface area contributed by atoms with Gasteiger partial charge in [-0.3, -0.25) is 4.79 Å². The first-order chi connectivity index (χ1) is 9.08. The van der Waals surface area contributed by atoms with Crippen molar-refractivity contribution < 1.29 is 9.90 Å². The maximum Gasteiger partial charge on any atom is 0.253 e. The predicted molar refractivity (Wildman–Crippen MR) is 82.9 cm³/mol. The van der Waals surface area contributed by atoms with Crippen molar-refractivity contribution in [1.29, 1.82) is 0 Å². The fraction of sp³-hybridized carbons (Fsp3) is 0.533. The Balaban J connectivity index is 3.17. The normalized spacial score (nSPS) is 12.1. The zero-order chi connectivity index (χ0) is 15.6. The van der Waals surface area contributed by atoms with Crippen LogP contribution >= 0.6 is 0 Å². The Hall–Kier alpha value is -1.75. The predicted octanol–water partition coefficient (Wildman–Crippen LogP) is 1.98. The van der Waals surface area contributed by atoms with Gasteiger partial charge >= 0.3 is 0 Å². The molecule has 5 heteroatoms. The van der Waals surface area contributed by atoms with Crippen LogP contribution in [-0.4, -0.2) is 28.7 Å². The third-order valence-electron chi connectivity index (χ3n) is 3.60. The van der Waals surface area contributed by atoms with E-state index in [0.29, 0.717) is 23.5 Å². The van der Waals surface area contributed by atoms with Gasteiger partial charge in [0.15, 0.2) is 0 Å². The molecule has 0 atom stereocenters. The molecule has 1 aromatic carbocycles. The standard InChI is InChI=1S/C15H25N3O2/c1-6-17-13(19)11-8-7-10(16)9-12(11)18-14(2,3)15(4,5)20/h7-9,18,20H,6,16H2,1-5H3,(H,17,19). The highest BCUT2D eigenvalue weighted by molar-refractivity contribution is 6.00. The van der Waals surface area contributed by atoms with Crippen LogP contribution in [0.15, 0.2) is 18.2 Å². The Bertz CT molecular complexity index is 490. The van der Waals surface area contributed by atoms with E-state index >= 15 is 0 Å². The summed E-state index contributed by atoms with van der Waals surface area (Å²) in [5.41, 5.74) is 5.90. The molecule has 1 rings (SSSR count). The van der Waals surface area contributed by atoms with Gasteiger partial charge in [-0.05, 0) is 52.8 Å². The van der Waals surface area contributed by atoms with E-state index in [-0.39, 0.29) is 5.91 Å². The van der Waals surface area contributed by atoms with Crippen LogP contribution < -0.4 is 16.4 Å². The number of hydrogen-bond acceptors (Lipinski definition) is 4. The summed E-state index contributed by atoms with van der Waals surface area (Å²) >= 11 is 0. The van der Waals surface area contributed by atoms with E-state index in [1.807, 2.05) is 20.8 Å². The number of carbonyl (C=O) groups is 1. The first kappa shape index (κ1) is 16.3. The molecule has 0 radical (unpaired) electrons. The molecule has 0 saturated carbocycles. The van der Waals surface area contributed by atoms with Crippen molar-refractivity contribution >= 4 is 17.3 Å². The first-order valence-corrected chi connectivity index (χ1v) is 6.77. The lowest BCUT2D eigenvalue weighted by Gasteiger charge is -2.39. The lowest BCUT2D eigenvalue weighted by Crippen LogP contribution is -2.51. The summed E-state index contributed by atoms with van der Waals surface area (Å²) in [6, 6.07) is 5.08. The van der Waals surface area contributed by atoms with Crippen LogP contribution in [0.1, 0.15) is 45.0 Å². The largest absolute Gasteiger partial charge is 0.399 e. The highest BCUT2D eigenvalue weighted by Gasteiger charge is 2.35. The van der Waals surface area contributed by atoms with Gasteiger partial charge < -0.3 is 21.5 Å². The van der Waals surface area contributed by atoms with Crippen molar-refractivity contribution in [1.82, 2.24) is 5.32 Å². The van der Waals surface area contributed by atoms with E-state index in [4.69, 9.17) is 5.73 Å². The van der Waals surface area contributed by atoms with Crippen LogP contribution in [0.2, 0.25) is 0 Å². The number of anilines is 2. The van der Waals surface area contributed by atoms with Gasteiger partial charge in [-0.2, -0.15) is 0 Å². The van der Waals surface area contributed by atoms with Crippen LogP contribution in [-0.2, 0) is 0 Å². The molecule has 0 heterocycles. The summed E-state index contributed by atoms with van der Waals surface area (Å²) in [6.45, 7) is 9.60. The van der Waals surface area contributed by atoms with Crippen molar-refractivity contribution in [2.75, 3.05) is 17.6 Å². The number of nitrogens with one attached hydrogen (secondary N) is 2. The molecule has 0 unspecified atom stereocenters. The number of amides is 1. The quantitative estimate of drug-likeness (QED) is 0.621. The zero-order valence-corrected chi connectivity index (χ0v) is 12.9. The topological polar surface area (TPSA) is 87.4 Å². The molecule has 0 aliphatic heterocycles. The lowest BCUT2D eigenvalue weighted by molar-refractivity contribution is 0.0240. The van der Waals surface area contributed by atoms with Crippen molar-refractivity contribution in [3.05, 3.63) is 23.8 Å². The van der Waals surface area contributed by atoms with Gasteiger partial charge in [0, 0.05) is 17.9 Å². The zero-order valence-electron chi connectivity index (χ0n) is 12.9. The Morgan fingerprint density at radius 3 is 2.40 bits per heavy atom. The molecule has 0 aromatic heterocycles. The molecule has 112 valence electrons. The molecule has 0 bridgehead atoms. The van der Waals surface area contributed by atoms with E-state index in [2.05, 4.69) is 10.6 Å². The minimum Gasteiger partial charge on any atom is -0.399 e. The molecular formula is C15H25N3O2. The number of aliphatic hydroxyl groups is 1. The number of rotatable bonds is 5. The van der Waals surface area contributed by atoms with Crippen LogP contribution in [0.25, 0.3) is 0 Å². The van der Waals surface area contributed by atoms with Gasteiger partial charge in [-0.15, -0.1) is 0 Å². The fourth-order valence-electron chi connectivity index (χ4n) is 1.61. The molecule has 0 aliphatic rings. The van der Waals surface area contributed by atoms with E-state index < -0.39 is 11.1 Å². The number of hydrogen-bond donors (Lipinski definition) is 4. The van der Waals surface area contributed by atoms with Crippen LogP contribution in [0, 0.1) is 0 Å². The maximum atomic E-state index is 12.1. The first-order valence-electron chi connectivity index (χ1n) is 6.77. The molecule has 20 heavy (non-hydrogen) atoms. The van der Waals surface area contributed by atoms with Crippen molar-refractivity contribution in [3.8, 4) is 0 Å². The molecule has 0 fully saturated rings. The van der Waals surface area contributed by atoms with Crippen LogP contribution in [0.3, 0.4) is 0 Å². The minimum atomic E-state index is -0.962. The SMILES string of the molecule is CCNC(=O)c1ccc(N)cc1NC(C)(C)C(C)(C)O. The number of benzene rings is 1. The van der Waals surface area contributed by atoms with Crippen molar-refractivity contribution in [2.45, 2.75) is 45.8 Å². The second-order valence-corrected chi connectivity index (χ2v) is 5.97. The second-order valence-electron chi connectivity index (χ2n) is 5.97. The summed E-state index contributed by atoms with van der Waals surface area (Å²) in [7, 11) is 0. The molecule has 5 nitrogen and oxygen atoms in total. The van der Waals surface area contributed by atoms with E-state index in [1.54, 1.807) is 32.0 Å². The Kier molecular flexibility index (Phi) is 4.65. The summed E-state index contributed by atoms with van der Waals surface area (Å²) in [4.78, 5) is 12.1. The van der Waals surface area contributed by atoms with Crippen molar-refractivity contribution in [2.24, 2.45) is 0 Å². The number of carbonyl (C=O) groups excluding carboxylic acids is 1. The maximum absolute atomic E-state index is 12.1. The smallest absolute Gasteiger partial charge is 0.253 e. The molecule has 5 N–H and O–H groups in total. The van der Waals surface area contributed by atoms with E-state index in [0.717, 1.165) is 0 Å². The Morgan fingerprint density at radius 2 is 1.90 bits per heavy atom. The fourth-order valence-corrected chi connectivity index (χ4v) is 1.61. The van der Waals surface area contributed by atoms with E-state index in [1.165, 1.54) is 0 Å². The van der Waals surface area contributed by atoms with Gasteiger partial charge in [0.25, 0.3) is 5.91 Å². The molecular weight excluding hydrogens is 254 g/mol. The minimum absolute atomic E-state index is 0.165. The van der Waals surface area contributed by atoms with Gasteiger partial charge in [0.05, 0.1) is 16.7 Å². The Labute approximate surface area is 120 Å². The van der Waals surface area contributed by atoms with Crippen LogP contribution in [0.5, 0.6) is 0 Å².